The zero-order valence-electron chi connectivity index (χ0n) is 14.0. The van der Waals surface area contributed by atoms with Crippen LogP contribution in [0.25, 0.3) is 0 Å². The normalized spacial score (nSPS) is 10.7. The Bertz CT molecular complexity index is 466. The Kier molecular flexibility index (Phi) is 10.2. The van der Waals surface area contributed by atoms with Crippen LogP contribution < -0.4 is 5.32 Å². The molecule has 0 aromatic carbocycles. The highest BCUT2D eigenvalue weighted by atomic mass is 19.1. The number of amides is 1. The van der Waals surface area contributed by atoms with Crippen LogP contribution in [0.4, 0.5) is 8.78 Å². The molecule has 0 aliphatic rings. The molecule has 0 atom stereocenters. The zero-order chi connectivity index (χ0) is 16.9. The van der Waals surface area contributed by atoms with Gasteiger partial charge >= 0.3 is 0 Å². The summed E-state index contributed by atoms with van der Waals surface area (Å²) in [6.45, 7) is 2.72. The summed E-state index contributed by atoms with van der Waals surface area (Å²) in [6, 6.07) is 0.669. The molecule has 0 radical (unpaired) electrons. The van der Waals surface area contributed by atoms with E-state index in [0.29, 0.717) is 12.6 Å². The molecule has 0 aliphatic heterocycles. The minimum Gasteiger partial charge on any atom is -0.351 e. The van der Waals surface area contributed by atoms with Crippen molar-refractivity contribution in [1.82, 2.24) is 10.3 Å². The Labute approximate surface area is 137 Å². The summed E-state index contributed by atoms with van der Waals surface area (Å²) in [5.41, 5.74) is -0.349. The van der Waals surface area contributed by atoms with Gasteiger partial charge < -0.3 is 5.32 Å². The Hall–Kier alpha value is -1.52. The fourth-order valence-corrected chi connectivity index (χ4v) is 2.48. The van der Waals surface area contributed by atoms with Crippen molar-refractivity contribution in [1.29, 1.82) is 0 Å². The van der Waals surface area contributed by atoms with Crippen molar-refractivity contribution in [2.75, 3.05) is 6.54 Å². The van der Waals surface area contributed by atoms with Crippen LogP contribution in [0.5, 0.6) is 0 Å². The summed E-state index contributed by atoms with van der Waals surface area (Å²) in [5.74, 6) is -2.29. The number of carbonyl (C=O) groups excluding carboxylic acids is 1. The number of aromatic nitrogens is 1. The van der Waals surface area contributed by atoms with Crippen LogP contribution in [-0.4, -0.2) is 17.4 Å². The van der Waals surface area contributed by atoms with Crippen molar-refractivity contribution in [2.45, 2.75) is 71.1 Å². The average Bonchev–Trinajstić information content (AvgIpc) is 2.52. The first-order valence-corrected chi connectivity index (χ1v) is 8.74. The molecule has 3 nitrogen and oxygen atoms in total. The fourth-order valence-electron chi connectivity index (χ4n) is 2.48. The maximum Gasteiger partial charge on any atom is 0.272 e. The number of carbonyl (C=O) groups is 1. The van der Waals surface area contributed by atoms with Gasteiger partial charge in [0, 0.05) is 12.6 Å². The van der Waals surface area contributed by atoms with E-state index in [2.05, 4.69) is 17.2 Å². The molecule has 1 aromatic rings. The maximum absolute atomic E-state index is 13.4. The summed E-state index contributed by atoms with van der Waals surface area (Å²) >= 11 is 0. The van der Waals surface area contributed by atoms with Crippen molar-refractivity contribution in [3.05, 3.63) is 29.6 Å². The van der Waals surface area contributed by atoms with E-state index < -0.39 is 17.5 Å². The molecule has 0 bridgehead atoms. The molecule has 1 N–H and O–H groups in total. The van der Waals surface area contributed by atoms with Gasteiger partial charge in [0.15, 0.2) is 11.5 Å². The van der Waals surface area contributed by atoms with Crippen LogP contribution in [0, 0.1) is 11.6 Å². The smallest absolute Gasteiger partial charge is 0.272 e. The molecule has 23 heavy (non-hydrogen) atoms. The lowest BCUT2D eigenvalue weighted by molar-refractivity contribution is 0.0943. The number of hydrogen-bond donors (Lipinski definition) is 1. The van der Waals surface area contributed by atoms with Crippen molar-refractivity contribution < 1.29 is 13.6 Å². The summed E-state index contributed by atoms with van der Waals surface area (Å²) in [6.07, 6.45) is 13.0. The molecule has 1 rings (SSSR count). The first kappa shape index (κ1) is 19.5. The predicted molar refractivity (Wildman–Crippen MR) is 88.3 cm³/mol. The van der Waals surface area contributed by atoms with Crippen LogP contribution in [0.15, 0.2) is 12.3 Å². The molecule has 0 aliphatic carbocycles. The largest absolute Gasteiger partial charge is 0.351 e. The van der Waals surface area contributed by atoms with Gasteiger partial charge in [0.05, 0.1) is 6.20 Å². The van der Waals surface area contributed by atoms with E-state index in [1.54, 1.807) is 0 Å². The first-order chi connectivity index (χ1) is 11.1. The number of nitrogens with one attached hydrogen (secondary N) is 1. The lowest BCUT2D eigenvalue weighted by Crippen LogP contribution is -2.26. The van der Waals surface area contributed by atoms with Gasteiger partial charge in [-0.3, -0.25) is 4.79 Å². The number of hydrogen-bond acceptors (Lipinski definition) is 2. The third-order valence-electron chi connectivity index (χ3n) is 3.84. The third-order valence-corrected chi connectivity index (χ3v) is 3.84. The summed E-state index contributed by atoms with van der Waals surface area (Å²) < 4.78 is 26.1. The first-order valence-electron chi connectivity index (χ1n) is 8.74. The van der Waals surface area contributed by atoms with Crippen molar-refractivity contribution in [3.63, 3.8) is 0 Å². The summed E-state index contributed by atoms with van der Waals surface area (Å²) in [5, 5.41) is 2.62. The summed E-state index contributed by atoms with van der Waals surface area (Å²) in [7, 11) is 0. The second kappa shape index (κ2) is 12.0. The highest BCUT2D eigenvalue weighted by Crippen LogP contribution is 2.10. The average molecular weight is 326 g/mol. The molecule has 0 spiro atoms. The molecule has 130 valence electrons. The zero-order valence-corrected chi connectivity index (χ0v) is 14.0. The SMILES string of the molecule is CCCCCCCCCCCCNC(=O)c1ncc(F)cc1F. The van der Waals surface area contributed by atoms with E-state index in [-0.39, 0.29) is 5.69 Å². The molecule has 0 fully saturated rings. The Balaban J connectivity index is 2.01. The topological polar surface area (TPSA) is 42.0 Å². The Morgan fingerprint density at radius 2 is 1.57 bits per heavy atom. The van der Waals surface area contributed by atoms with Crippen LogP contribution in [-0.2, 0) is 0 Å². The quantitative estimate of drug-likeness (QED) is 0.549. The van der Waals surface area contributed by atoms with Crippen molar-refractivity contribution >= 4 is 5.91 Å². The van der Waals surface area contributed by atoms with E-state index >= 15 is 0 Å². The Morgan fingerprint density at radius 3 is 2.13 bits per heavy atom. The molecular formula is C18H28F2N2O. The van der Waals surface area contributed by atoms with Gasteiger partial charge in [0.2, 0.25) is 0 Å². The fraction of sp³-hybridized carbons (Fsp3) is 0.667. The second-order valence-electron chi connectivity index (χ2n) is 5.92. The highest BCUT2D eigenvalue weighted by molar-refractivity contribution is 5.92. The number of nitrogens with zero attached hydrogens (tertiary/aromatic N) is 1. The van der Waals surface area contributed by atoms with Crippen molar-refractivity contribution in [3.8, 4) is 0 Å². The number of unbranched alkanes of at least 4 members (excludes halogenated alkanes) is 9. The Morgan fingerprint density at radius 1 is 1.00 bits per heavy atom. The number of rotatable bonds is 12. The van der Waals surface area contributed by atoms with Crippen molar-refractivity contribution in [2.24, 2.45) is 0 Å². The van der Waals surface area contributed by atoms with E-state index in [1.165, 1.54) is 44.9 Å². The minimum absolute atomic E-state index is 0.349. The second-order valence-corrected chi connectivity index (χ2v) is 5.92. The summed E-state index contributed by atoms with van der Waals surface area (Å²) in [4.78, 5) is 15.2. The van der Waals surface area contributed by atoms with Gasteiger partial charge in [-0.2, -0.15) is 0 Å². The van der Waals surface area contributed by atoms with Gasteiger partial charge in [-0.1, -0.05) is 64.7 Å². The maximum atomic E-state index is 13.4. The molecule has 1 aromatic heterocycles. The molecular weight excluding hydrogens is 298 g/mol. The van der Waals surface area contributed by atoms with Gasteiger partial charge in [-0.15, -0.1) is 0 Å². The lowest BCUT2D eigenvalue weighted by Gasteiger charge is -2.06. The molecule has 1 heterocycles. The predicted octanol–water partition coefficient (Wildman–Crippen LogP) is 5.01. The molecule has 5 heteroatoms. The van der Waals surface area contributed by atoms with E-state index in [1.807, 2.05) is 0 Å². The van der Waals surface area contributed by atoms with Crippen LogP contribution in [0.3, 0.4) is 0 Å². The van der Waals surface area contributed by atoms with Gasteiger partial charge in [0.25, 0.3) is 5.91 Å². The minimum atomic E-state index is -0.925. The van der Waals surface area contributed by atoms with Gasteiger partial charge in [-0.25, -0.2) is 13.8 Å². The van der Waals surface area contributed by atoms with E-state index in [4.69, 9.17) is 0 Å². The number of halogens is 2. The van der Waals surface area contributed by atoms with E-state index in [9.17, 15) is 13.6 Å². The lowest BCUT2D eigenvalue weighted by atomic mass is 10.1. The van der Waals surface area contributed by atoms with E-state index in [0.717, 1.165) is 25.5 Å². The molecule has 1 amide bonds. The van der Waals surface area contributed by atoms with Gasteiger partial charge in [0.1, 0.15) is 5.82 Å². The van der Waals surface area contributed by atoms with Crippen LogP contribution in [0.1, 0.15) is 81.6 Å². The van der Waals surface area contributed by atoms with Crippen LogP contribution in [0.2, 0.25) is 0 Å². The monoisotopic (exact) mass is 326 g/mol. The standard InChI is InChI=1S/C18H28F2N2O/c1-2-3-4-5-6-7-8-9-10-11-12-21-18(23)17-16(20)13-15(19)14-22-17/h13-14H,2-12H2,1H3,(H,21,23). The molecule has 0 unspecified atom stereocenters. The third kappa shape index (κ3) is 8.62. The van der Waals surface area contributed by atoms with Gasteiger partial charge in [-0.05, 0) is 6.42 Å². The highest BCUT2D eigenvalue weighted by Gasteiger charge is 2.13. The van der Waals surface area contributed by atoms with Crippen LogP contribution >= 0.6 is 0 Å². The molecule has 0 saturated carbocycles. The molecule has 0 saturated heterocycles. The number of pyridine rings is 1.